The van der Waals surface area contributed by atoms with Gasteiger partial charge < -0.3 is 10.6 Å². The number of nitrogens with zero attached hydrogens (tertiary/aromatic N) is 6. The van der Waals surface area contributed by atoms with E-state index in [1.54, 1.807) is 18.5 Å². The fourth-order valence-electron chi connectivity index (χ4n) is 5.55. The number of pyridine rings is 2. The second-order valence-corrected chi connectivity index (χ2v) is 11.5. The molecule has 5 heterocycles. The minimum atomic E-state index is -0.381. The van der Waals surface area contributed by atoms with E-state index in [0.29, 0.717) is 30.3 Å². The van der Waals surface area contributed by atoms with Gasteiger partial charge in [-0.2, -0.15) is 0 Å². The van der Waals surface area contributed by atoms with Crippen LogP contribution in [0.4, 0.5) is 10.2 Å². The number of halogens is 1. The first-order valence-corrected chi connectivity index (χ1v) is 13.9. The van der Waals surface area contributed by atoms with Gasteiger partial charge in [-0.3, -0.25) is 20.0 Å². The Labute approximate surface area is 228 Å². The normalized spacial score (nSPS) is 24.7. The maximum Gasteiger partial charge on any atom is 0.158 e. The zero-order chi connectivity index (χ0) is 27.0. The van der Waals surface area contributed by atoms with Gasteiger partial charge in [-0.15, -0.1) is 0 Å². The van der Waals surface area contributed by atoms with Crippen molar-refractivity contribution in [2.45, 2.75) is 71.0 Å². The van der Waals surface area contributed by atoms with Crippen molar-refractivity contribution < 1.29 is 4.39 Å². The third-order valence-corrected chi connectivity index (χ3v) is 7.97. The Morgan fingerprint density at radius 1 is 1.10 bits per heavy atom. The molecule has 2 fully saturated rings. The van der Waals surface area contributed by atoms with Crippen LogP contribution >= 0.6 is 0 Å². The Morgan fingerprint density at radius 2 is 1.97 bits per heavy atom. The summed E-state index contributed by atoms with van der Waals surface area (Å²) in [5.41, 5.74) is 3.93. The second-order valence-electron chi connectivity index (χ2n) is 11.5. The molecule has 2 atom stereocenters. The van der Waals surface area contributed by atoms with Gasteiger partial charge in [-0.05, 0) is 86.3 Å². The Morgan fingerprint density at radius 3 is 2.77 bits per heavy atom. The lowest BCUT2D eigenvalue weighted by Crippen LogP contribution is -2.49. The van der Waals surface area contributed by atoms with E-state index in [-0.39, 0.29) is 29.1 Å². The van der Waals surface area contributed by atoms with Gasteiger partial charge in [-0.25, -0.2) is 14.4 Å². The first-order valence-electron chi connectivity index (χ1n) is 13.9. The molecule has 9 heteroatoms. The Bertz CT molecular complexity index is 1470. The Hall–Kier alpha value is -3.59. The number of aliphatic imine (C=N–C) groups is 2. The molecule has 1 saturated carbocycles. The van der Waals surface area contributed by atoms with Gasteiger partial charge in [-0.1, -0.05) is 13.8 Å². The van der Waals surface area contributed by atoms with Crippen LogP contribution in [0.1, 0.15) is 75.9 Å². The molecule has 1 saturated heterocycles. The van der Waals surface area contributed by atoms with Crippen molar-refractivity contribution in [1.29, 1.82) is 0 Å². The molecule has 3 aliphatic rings. The molecule has 8 nitrogen and oxygen atoms in total. The first kappa shape index (κ1) is 25.7. The van der Waals surface area contributed by atoms with Gasteiger partial charge >= 0.3 is 0 Å². The van der Waals surface area contributed by atoms with Gasteiger partial charge in [0.05, 0.1) is 17.4 Å². The molecule has 0 bridgehead atoms. The number of rotatable bonds is 5. The molecule has 39 heavy (non-hydrogen) atoms. The Kier molecular flexibility index (Phi) is 6.93. The minimum Gasteiger partial charge on any atom is -0.366 e. The fraction of sp³-hybridized carbons (Fsp3) is 0.467. The van der Waals surface area contributed by atoms with Gasteiger partial charge in [0.15, 0.2) is 11.6 Å². The van der Waals surface area contributed by atoms with Crippen LogP contribution in [-0.4, -0.2) is 57.2 Å². The molecule has 3 aromatic heterocycles. The van der Waals surface area contributed by atoms with Gasteiger partial charge in [0.1, 0.15) is 17.7 Å². The molecule has 6 rings (SSSR count). The zero-order valence-electron chi connectivity index (χ0n) is 22.8. The monoisotopic (exact) mass is 526 g/mol. The minimum absolute atomic E-state index is 0.0702. The highest BCUT2D eigenvalue weighted by molar-refractivity contribution is 6.01. The molecule has 3 aromatic rings. The van der Waals surface area contributed by atoms with E-state index >= 15 is 0 Å². The standard InChI is InChI=1S/C30H35FN8/c1-18-34-14-10-20(8-9-23(36-18)27-22(31)5-4-12-35-27)28-37-24-16-33-15-21(19-6-7-19)26(24)29(39-28)38-25-11-13-32-17-30(25,2)3/h4-5,10,12,14-16,18-19,25,32H,6-9,11,13,17H2,1-3H3,(H,37,38,39)/b20-10+,34-14?,36-23?. The summed E-state index contributed by atoms with van der Waals surface area (Å²) in [6.07, 6.45) is 13.2. The summed E-state index contributed by atoms with van der Waals surface area (Å²) in [7, 11) is 0. The third-order valence-electron chi connectivity index (χ3n) is 7.97. The zero-order valence-corrected chi connectivity index (χ0v) is 22.8. The lowest BCUT2D eigenvalue weighted by molar-refractivity contribution is 0.236. The van der Waals surface area contributed by atoms with E-state index in [4.69, 9.17) is 9.97 Å². The first-order chi connectivity index (χ1) is 18.9. The highest BCUT2D eigenvalue weighted by Gasteiger charge is 2.34. The molecule has 2 N–H and O–H groups in total. The van der Waals surface area contributed by atoms with Crippen molar-refractivity contribution in [3.63, 3.8) is 0 Å². The topological polar surface area (TPSA) is 100 Å². The van der Waals surface area contributed by atoms with Crippen LogP contribution < -0.4 is 10.6 Å². The quantitative estimate of drug-likeness (QED) is 0.467. The third kappa shape index (κ3) is 5.45. The van der Waals surface area contributed by atoms with E-state index in [2.05, 4.69) is 44.4 Å². The van der Waals surface area contributed by atoms with Crippen LogP contribution in [0.2, 0.25) is 0 Å². The maximum atomic E-state index is 14.6. The van der Waals surface area contributed by atoms with Crippen molar-refractivity contribution in [3.05, 3.63) is 59.7 Å². The predicted octanol–water partition coefficient (Wildman–Crippen LogP) is 5.32. The molecule has 0 radical (unpaired) electrons. The number of aromatic nitrogens is 4. The maximum absolute atomic E-state index is 14.6. The SMILES string of the molecule is CC1N=C/C=C(/c2nc(NC3CCNCC3(C)C)c3c(C4CC4)cncc3n2)CCC(c2ncccc2F)=N1. The van der Waals surface area contributed by atoms with Gasteiger partial charge in [0.25, 0.3) is 0 Å². The van der Waals surface area contributed by atoms with Crippen molar-refractivity contribution in [2.24, 2.45) is 15.4 Å². The van der Waals surface area contributed by atoms with Crippen LogP contribution in [0.15, 0.2) is 46.8 Å². The lowest BCUT2D eigenvalue weighted by Gasteiger charge is -2.40. The number of hydrogen-bond acceptors (Lipinski definition) is 8. The summed E-state index contributed by atoms with van der Waals surface area (Å²) in [5.74, 6) is 1.64. The number of anilines is 1. The highest BCUT2D eigenvalue weighted by Crippen LogP contribution is 2.44. The number of hydrogen-bond donors (Lipinski definition) is 2. The second kappa shape index (κ2) is 10.5. The van der Waals surface area contributed by atoms with Gasteiger partial charge in [0.2, 0.25) is 0 Å². The van der Waals surface area contributed by atoms with E-state index in [1.165, 1.54) is 24.5 Å². The van der Waals surface area contributed by atoms with E-state index in [1.807, 2.05) is 25.4 Å². The smallest absolute Gasteiger partial charge is 0.158 e. The van der Waals surface area contributed by atoms with Crippen LogP contribution in [0.5, 0.6) is 0 Å². The van der Waals surface area contributed by atoms with Crippen LogP contribution in [0.25, 0.3) is 16.5 Å². The molecule has 2 unspecified atom stereocenters. The number of fused-ring (bicyclic) bond motifs is 1. The fourth-order valence-corrected chi connectivity index (χ4v) is 5.55. The summed E-state index contributed by atoms with van der Waals surface area (Å²) in [6.45, 7) is 8.39. The van der Waals surface area contributed by atoms with Crippen molar-refractivity contribution in [3.8, 4) is 0 Å². The van der Waals surface area contributed by atoms with Crippen molar-refractivity contribution in [1.82, 2.24) is 25.3 Å². The van der Waals surface area contributed by atoms with Crippen LogP contribution in [-0.2, 0) is 0 Å². The average Bonchev–Trinajstić information content (AvgIpc) is 3.75. The molecule has 0 aromatic carbocycles. The molecule has 1 aliphatic carbocycles. The lowest BCUT2D eigenvalue weighted by atomic mass is 9.80. The van der Waals surface area contributed by atoms with E-state index < -0.39 is 0 Å². The molecule has 0 spiro atoms. The molecule has 0 amide bonds. The van der Waals surface area contributed by atoms with Crippen molar-refractivity contribution in [2.75, 3.05) is 18.4 Å². The molecular formula is C30H35FN8. The number of nitrogens with one attached hydrogen (secondary N) is 2. The summed E-state index contributed by atoms with van der Waals surface area (Å²) in [5, 5.41) is 8.45. The van der Waals surface area contributed by atoms with Crippen LogP contribution in [0.3, 0.4) is 0 Å². The van der Waals surface area contributed by atoms with Crippen molar-refractivity contribution >= 4 is 34.2 Å². The largest absolute Gasteiger partial charge is 0.366 e. The van der Waals surface area contributed by atoms with E-state index in [0.717, 1.165) is 41.8 Å². The summed E-state index contributed by atoms with van der Waals surface area (Å²) in [6, 6.07) is 3.28. The summed E-state index contributed by atoms with van der Waals surface area (Å²) >= 11 is 0. The summed E-state index contributed by atoms with van der Waals surface area (Å²) < 4.78 is 14.6. The average molecular weight is 527 g/mol. The predicted molar refractivity (Wildman–Crippen MR) is 154 cm³/mol. The molecule has 2 aliphatic heterocycles. The van der Waals surface area contributed by atoms with Crippen LogP contribution in [0, 0.1) is 11.2 Å². The molecule has 202 valence electrons. The molecular weight excluding hydrogens is 491 g/mol. The number of piperidine rings is 1. The Balaban J connectivity index is 1.41. The van der Waals surface area contributed by atoms with Gasteiger partial charge in [0, 0.05) is 36.6 Å². The number of allylic oxidation sites excluding steroid dienone is 2. The highest BCUT2D eigenvalue weighted by atomic mass is 19.1. The summed E-state index contributed by atoms with van der Waals surface area (Å²) in [4.78, 5) is 28.2. The van der Waals surface area contributed by atoms with E-state index in [9.17, 15) is 4.39 Å².